The van der Waals surface area contributed by atoms with E-state index in [1.807, 2.05) is 36.5 Å². The van der Waals surface area contributed by atoms with Crippen LogP contribution in [0.1, 0.15) is 36.0 Å². The number of ether oxygens (including phenoxy) is 3. The minimum absolute atomic E-state index is 0.222. The second-order valence-corrected chi connectivity index (χ2v) is 8.95. The molecule has 0 aliphatic carbocycles. The molecule has 1 unspecified atom stereocenters. The first kappa shape index (κ1) is 21.9. The highest BCUT2D eigenvalue weighted by atomic mass is 16.6. The second-order valence-electron chi connectivity index (χ2n) is 8.95. The quantitative estimate of drug-likeness (QED) is 0.651. The molecule has 0 bridgehead atoms. The Labute approximate surface area is 194 Å². The van der Waals surface area contributed by atoms with E-state index in [2.05, 4.69) is 31.2 Å². The number of aliphatic imine (C=N–C) groups is 1. The van der Waals surface area contributed by atoms with Crippen LogP contribution in [0, 0.1) is 12.8 Å². The molecule has 6 nitrogen and oxygen atoms in total. The molecule has 0 spiro atoms. The Morgan fingerprint density at radius 1 is 1.09 bits per heavy atom. The fraction of sp³-hybridized carbons (Fsp3) is 0.407. The molecule has 2 saturated heterocycles. The standard InChI is InChI=1S/C27H30N2O4/c1-19-7-9-21(10-8-19)23-15-24(28-16-23)25-18-32-26(22-11-13-31-14-12-22)29(25)27(30)33-17-20-5-3-2-4-6-20/h2-10,16,22,25-26H,11-15,17-18H2,1H3/t25-,26?/m0/s1. The average Bonchev–Trinajstić information content (AvgIpc) is 3.52. The third kappa shape index (κ3) is 4.87. The smallest absolute Gasteiger partial charge is 0.412 e. The Kier molecular flexibility index (Phi) is 6.55. The number of carbonyl (C=O) groups excluding carboxylic acids is 1. The number of nitrogens with zero attached hydrogens (tertiary/aromatic N) is 2. The van der Waals surface area contributed by atoms with E-state index in [-0.39, 0.29) is 30.9 Å². The third-order valence-electron chi connectivity index (χ3n) is 6.68. The Hall–Kier alpha value is -2.96. The molecule has 0 N–H and O–H groups in total. The number of carbonyl (C=O) groups is 1. The van der Waals surface area contributed by atoms with E-state index in [1.165, 1.54) is 5.56 Å². The van der Waals surface area contributed by atoms with Gasteiger partial charge < -0.3 is 14.2 Å². The number of amides is 1. The summed E-state index contributed by atoms with van der Waals surface area (Å²) in [6, 6.07) is 18.0. The summed E-state index contributed by atoms with van der Waals surface area (Å²) >= 11 is 0. The zero-order chi connectivity index (χ0) is 22.6. The van der Waals surface area contributed by atoms with Gasteiger partial charge in [-0.15, -0.1) is 0 Å². The van der Waals surface area contributed by atoms with Gasteiger partial charge in [0, 0.05) is 37.5 Å². The predicted molar refractivity (Wildman–Crippen MR) is 127 cm³/mol. The number of allylic oxidation sites excluding steroid dienone is 1. The largest absolute Gasteiger partial charge is 0.444 e. The van der Waals surface area contributed by atoms with Crippen molar-refractivity contribution in [3.05, 3.63) is 77.5 Å². The summed E-state index contributed by atoms with van der Waals surface area (Å²) in [5, 5.41) is 0. The van der Waals surface area contributed by atoms with Crippen molar-refractivity contribution in [2.24, 2.45) is 10.9 Å². The van der Waals surface area contributed by atoms with Crippen LogP contribution in [0.4, 0.5) is 4.79 Å². The van der Waals surface area contributed by atoms with Crippen LogP contribution in [-0.4, -0.2) is 48.8 Å². The fourth-order valence-corrected chi connectivity index (χ4v) is 4.77. The molecule has 33 heavy (non-hydrogen) atoms. The molecular formula is C27H30N2O4. The Morgan fingerprint density at radius 3 is 2.61 bits per heavy atom. The summed E-state index contributed by atoms with van der Waals surface area (Å²) in [5.41, 5.74) is 5.48. The summed E-state index contributed by atoms with van der Waals surface area (Å²) in [4.78, 5) is 19.9. The summed E-state index contributed by atoms with van der Waals surface area (Å²) in [6.07, 6.45) is 3.73. The summed E-state index contributed by atoms with van der Waals surface area (Å²) < 4.78 is 17.5. The van der Waals surface area contributed by atoms with Crippen LogP contribution < -0.4 is 0 Å². The molecule has 0 saturated carbocycles. The number of rotatable bonds is 5. The zero-order valence-electron chi connectivity index (χ0n) is 19.0. The van der Waals surface area contributed by atoms with Gasteiger partial charge in [-0.05, 0) is 36.5 Å². The Morgan fingerprint density at radius 2 is 1.85 bits per heavy atom. The lowest BCUT2D eigenvalue weighted by atomic mass is 9.96. The van der Waals surface area contributed by atoms with Crippen LogP contribution in [0.3, 0.4) is 0 Å². The molecule has 0 aromatic heterocycles. The van der Waals surface area contributed by atoms with Crippen LogP contribution in [0.5, 0.6) is 0 Å². The van der Waals surface area contributed by atoms with Gasteiger partial charge in [-0.25, -0.2) is 4.79 Å². The molecule has 3 heterocycles. The Bertz CT molecular complexity index is 1030. The van der Waals surface area contributed by atoms with Crippen molar-refractivity contribution in [2.75, 3.05) is 19.8 Å². The van der Waals surface area contributed by atoms with Crippen molar-refractivity contribution in [3.63, 3.8) is 0 Å². The highest BCUT2D eigenvalue weighted by Crippen LogP contribution is 2.34. The maximum absolute atomic E-state index is 13.3. The van der Waals surface area contributed by atoms with E-state index in [1.54, 1.807) is 4.90 Å². The van der Waals surface area contributed by atoms with Gasteiger partial charge in [0.2, 0.25) is 0 Å². The summed E-state index contributed by atoms with van der Waals surface area (Å²) in [6.45, 7) is 4.16. The van der Waals surface area contributed by atoms with Gasteiger partial charge in [0.05, 0.1) is 12.6 Å². The first-order valence-corrected chi connectivity index (χ1v) is 11.7. The fourth-order valence-electron chi connectivity index (χ4n) is 4.77. The van der Waals surface area contributed by atoms with E-state index in [0.29, 0.717) is 26.2 Å². The minimum Gasteiger partial charge on any atom is -0.444 e. The van der Waals surface area contributed by atoms with E-state index in [4.69, 9.17) is 19.2 Å². The molecule has 0 radical (unpaired) electrons. The number of aryl methyl sites for hydroxylation is 1. The summed E-state index contributed by atoms with van der Waals surface area (Å²) in [5.74, 6) is 0.236. The van der Waals surface area contributed by atoms with E-state index in [0.717, 1.165) is 35.3 Å². The van der Waals surface area contributed by atoms with Gasteiger partial charge in [-0.2, -0.15) is 0 Å². The Balaban J connectivity index is 1.32. The van der Waals surface area contributed by atoms with E-state index < -0.39 is 0 Å². The number of hydrogen-bond donors (Lipinski definition) is 0. The molecule has 2 fully saturated rings. The number of hydrogen-bond acceptors (Lipinski definition) is 5. The lowest BCUT2D eigenvalue weighted by molar-refractivity contribution is -0.0535. The first-order valence-electron chi connectivity index (χ1n) is 11.7. The van der Waals surface area contributed by atoms with Crippen LogP contribution in [-0.2, 0) is 20.8 Å². The molecule has 5 rings (SSSR count). The normalized spacial score (nSPS) is 23.4. The molecule has 1 amide bonds. The third-order valence-corrected chi connectivity index (χ3v) is 6.68. The lowest BCUT2D eigenvalue weighted by Crippen LogP contribution is -2.49. The topological polar surface area (TPSA) is 60.4 Å². The maximum atomic E-state index is 13.3. The van der Waals surface area contributed by atoms with E-state index >= 15 is 0 Å². The molecule has 6 heteroatoms. The van der Waals surface area contributed by atoms with Crippen LogP contribution in [0.2, 0.25) is 0 Å². The highest BCUT2D eigenvalue weighted by molar-refractivity contribution is 6.03. The highest BCUT2D eigenvalue weighted by Gasteiger charge is 2.45. The number of benzene rings is 2. The van der Waals surface area contributed by atoms with Crippen molar-refractivity contribution in [3.8, 4) is 0 Å². The van der Waals surface area contributed by atoms with Gasteiger partial charge in [-0.1, -0.05) is 60.2 Å². The maximum Gasteiger partial charge on any atom is 0.412 e. The van der Waals surface area contributed by atoms with Crippen molar-refractivity contribution >= 4 is 17.4 Å². The zero-order valence-corrected chi connectivity index (χ0v) is 19.0. The van der Waals surface area contributed by atoms with Gasteiger partial charge in [0.15, 0.2) is 0 Å². The monoisotopic (exact) mass is 446 g/mol. The summed E-state index contributed by atoms with van der Waals surface area (Å²) in [7, 11) is 0. The van der Waals surface area contributed by atoms with Gasteiger partial charge >= 0.3 is 6.09 Å². The molecule has 3 aliphatic rings. The van der Waals surface area contributed by atoms with Crippen molar-refractivity contribution < 1.29 is 19.0 Å². The van der Waals surface area contributed by atoms with Crippen molar-refractivity contribution in [2.45, 2.75) is 45.1 Å². The minimum atomic E-state index is -0.343. The van der Waals surface area contributed by atoms with Crippen LogP contribution in [0.15, 0.2) is 65.8 Å². The second kappa shape index (κ2) is 9.89. The van der Waals surface area contributed by atoms with Crippen LogP contribution >= 0.6 is 0 Å². The molecule has 3 aliphatic heterocycles. The first-order chi connectivity index (χ1) is 16.2. The van der Waals surface area contributed by atoms with Gasteiger partial charge in [-0.3, -0.25) is 9.89 Å². The van der Waals surface area contributed by atoms with Crippen molar-refractivity contribution in [1.82, 2.24) is 4.90 Å². The molecule has 2 atom stereocenters. The van der Waals surface area contributed by atoms with Gasteiger partial charge in [0.1, 0.15) is 12.8 Å². The molecule has 2 aromatic rings. The predicted octanol–water partition coefficient (Wildman–Crippen LogP) is 4.97. The molecule has 2 aromatic carbocycles. The van der Waals surface area contributed by atoms with Crippen LogP contribution in [0.25, 0.3) is 5.57 Å². The van der Waals surface area contributed by atoms with Gasteiger partial charge in [0.25, 0.3) is 0 Å². The molecule has 172 valence electrons. The lowest BCUT2D eigenvalue weighted by Gasteiger charge is -2.34. The molecular weight excluding hydrogens is 416 g/mol. The average molecular weight is 447 g/mol. The van der Waals surface area contributed by atoms with E-state index in [9.17, 15) is 4.79 Å². The van der Waals surface area contributed by atoms with Crippen molar-refractivity contribution in [1.29, 1.82) is 0 Å². The SMILES string of the molecule is Cc1ccc(C2=CN=C([C@@H]3COC(C4CCOCC4)N3C(=O)OCc3ccccc3)C2)cc1.